The summed E-state index contributed by atoms with van der Waals surface area (Å²) in [6, 6.07) is -0.522. The van der Waals surface area contributed by atoms with E-state index in [4.69, 9.17) is 0 Å². The van der Waals surface area contributed by atoms with Crippen LogP contribution in [0.25, 0.3) is 0 Å². The standard InChI is InChI=1S/C10H21NO2.K/c1-3-4-5-6-7-8-11-9(2)10(12)13;/h9,11H,3-8H2,1-2H3,(H,12,13);/q;+1/p-1. The molecular formula is C10H20KNO2. The van der Waals surface area contributed by atoms with E-state index >= 15 is 0 Å². The molecule has 1 N–H and O–H groups in total. The maximum Gasteiger partial charge on any atom is 1.00 e. The number of unbranched alkanes of at least 4 members (excludes halogenated alkanes) is 4. The first-order valence-corrected chi connectivity index (χ1v) is 5.12. The number of carboxylic acids is 1. The van der Waals surface area contributed by atoms with Gasteiger partial charge < -0.3 is 15.2 Å². The van der Waals surface area contributed by atoms with Crippen molar-refractivity contribution in [1.29, 1.82) is 0 Å². The molecule has 0 aromatic heterocycles. The number of hydrogen-bond acceptors (Lipinski definition) is 3. The topological polar surface area (TPSA) is 52.2 Å². The van der Waals surface area contributed by atoms with E-state index in [1.165, 1.54) is 25.7 Å². The maximum atomic E-state index is 10.3. The molecule has 4 heteroatoms. The molecule has 1 unspecified atom stereocenters. The average molecular weight is 225 g/mol. The van der Waals surface area contributed by atoms with Crippen molar-refractivity contribution >= 4 is 5.97 Å². The van der Waals surface area contributed by atoms with Gasteiger partial charge in [0.2, 0.25) is 0 Å². The molecule has 0 fully saturated rings. The second kappa shape index (κ2) is 12.1. The van der Waals surface area contributed by atoms with Gasteiger partial charge in [0, 0.05) is 6.04 Å². The van der Waals surface area contributed by atoms with E-state index < -0.39 is 12.0 Å². The van der Waals surface area contributed by atoms with Crippen LogP contribution in [0.2, 0.25) is 0 Å². The first-order valence-electron chi connectivity index (χ1n) is 5.12. The summed E-state index contributed by atoms with van der Waals surface area (Å²) in [4.78, 5) is 10.3. The zero-order valence-corrected chi connectivity index (χ0v) is 12.8. The first kappa shape index (κ1) is 17.5. The molecule has 0 aliphatic heterocycles. The van der Waals surface area contributed by atoms with Gasteiger partial charge >= 0.3 is 51.4 Å². The number of hydrogen-bond donors (Lipinski definition) is 1. The van der Waals surface area contributed by atoms with Crippen molar-refractivity contribution in [2.24, 2.45) is 0 Å². The Kier molecular flexibility index (Phi) is 15.1. The van der Waals surface area contributed by atoms with E-state index in [0.29, 0.717) is 0 Å². The van der Waals surface area contributed by atoms with Crippen molar-refractivity contribution < 1.29 is 61.3 Å². The van der Waals surface area contributed by atoms with E-state index in [9.17, 15) is 9.90 Å². The van der Waals surface area contributed by atoms with Gasteiger partial charge in [-0.2, -0.15) is 0 Å². The third kappa shape index (κ3) is 11.1. The molecule has 0 saturated heterocycles. The zero-order chi connectivity index (χ0) is 10.1. The average Bonchev–Trinajstić information content (AvgIpc) is 2.10. The summed E-state index contributed by atoms with van der Waals surface area (Å²) in [6.07, 6.45) is 6.00. The number of rotatable bonds is 8. The number of carboxylic acid groups (broad SMARTS) is 1. The minimum absolute atomic E-state index is 0. The predicted octanol–water partition coefficient (Wildman–Crippen LogP) is -2.31. The van der Waals surface area contributed by atoms with Crippen molar-refractivity contribution in [2.45, 2.75) is 52.0 Å². The zero-order valence-electron chi connectivity index (χ0n) is 9.64. The first-order chi connectivity index (χ1) is 6.18. The van der Waals surface area contributed by atoms with Gasteiger partial charge in [-0.05, 0) is 19.9 Å². The van der Waals surface area contributed by atoms with Crippen molar-refractivity contribution in [3.05, 3.63) is 0 Å². The van der Waals surface area contributed by atoms with E-state index in [1.807, 2.05) is 0 Å². The van der Waals surface area contributed by atoms with Gasteiger partial charge in [-0.25, -0.2) is 0 Å². The van der Waals surface area contributed by atoms with Crippen LogP contribution in [0.15, 0.2) is 0 Å². The molecule has 0 radical (unpaired) electrons. The molecule has 0 bridgehead atoms. The summed E-state index contributed by atoms with van der Waals surface area (Å²) in [5.74, 6) is -1.02. The molecule has 0 saturated carbocycles. The summed E-state index contributed by atoms with van der Waals surface area (Å²) < 4.78 is 0. The summed E-state index contributed by atoms with van der Waals surface area (Å²) in [5, 5.41) is 13.2. The minimum Gasteiger partial charge on any atom is -0.548 e. The normalized spacial score (nSPS) is 11.9. The van der Waals surface area contributed by atoms with E-state index in [2.05, 4.69) is 12.2 Å². The second-order valence-electron chi connectivity index (χ2n) is 3.41. The van der Waals surface area contributed by atoms with Gasteiger partial charge in [0.05, 0.1) is 5.97 Å². The van der Waals surface area contributed by atoms with Crippen LogP contribution in [-0.4, -0.2) is 18.6 Å². The van der Waals surface area contributed by atoms with E-state index in [-0.39, 0.29) is 51.4 Å². The van der Waals surface area contributed by atoms with Gasteiger partial charge in [0.25, 0.3) is 0 Å². The fraction of sp³-hybridized carbons (Fsp3) is 0.900. The van der Waals surface area contributed by atoms with Crippen LogP contribution in [0, 0.1) is 0 Å². The molecule has 3 nitrogen and oxygen atoms in total. The monoisotopic (exact) mass is 225 g/mol. The van der Waals surface area contributed by atoms with Crippen LogP contribution in [0.4, 0.5) is 0 Å². The Hall–Kier alpha value is 1.07. The fourth-order valence-electron chi connectivity index (χ4n) is 1.13. The molecule has 14 heavy (non-hydrogen) atoms. The van der Waals surface area contributed by atoms with E-state index in [0.717, 1.165) is 13.0 Å². The third-order valence-corrected chi connectivity index (χ3v) is 2.08. The van der Waals surface area contributed by atoms with Crippen LogP contribution < -0.4 is 61.8 Å². The molecule has 0 aromatic rings. The molecule has 0 spiro atoms. The fourth-order valence-corrected chi connectivity index (χ4v) is 1.13. The Morgan fingerprint density at radius 1 is 1.29 bits per heavy atom. The smallest absolute Gasteiger partial charge is 0.548 e. The van der Waals surface area contributed by atoms with Crippen molar-refractivity contribution in [3.63, 3.8) is 0 Å². The number of aliphatic carboxylic acids is 1. The van der Waals surface area contributed by atoms with Crippen LogP contribution in [0.3, 0.4) is 0 Å². The molecule has 78 valence electrons. The molecule has 0 amide bonds. The summed E-state index contributed by atoms with van der Waals surface area (Å²) in [7, 11) is 0. The van der Waals surface area contributed by atoms with Gasteiger partial charge in [0.1, 0.15) is 0 Å². The Bertz CT molecular complexity index is 142. The quantitative estimate of drug-likeness (QED) is 0.373. The van der Waals surface area contributed by atoms with Gasteiger partial charge in [-0.1, -0.05) is 32.6 Å². The van der Waals surface area contributed by atoms with Crippen LogP contribution in [0.5, 0.6) is 0 Å². The molecule has 0 aromatic carbocycles. The Morgan fingerprint density at radius 2 is 1.86 bits per heavy atom. The van der Waals surface area contributed by atoms with Crippen LogP contribution >= 0.6 is 0 Å². The number of carbonyl (C=O) groups excluding carboxylic acids is 1. The second-order valence-corrected chi connectivity index (χ2v) is 3.41. The Labute approximate surface area is 129 Å². The molecule has 0 rings (SSSR count). The van der Waals surface area contributed by atoms with Gasteiger partial charge in [-0.3, -0.25) is 0 Å². The number of carbonyl (C=O) groups is 1. The van der Waals surface area contributed by atoms with Crippen LogP contribution in [-0.2, 0) is 4.79 Å². The van der Waals surface area contributed by atoms with Crippen molar-refractivity contribution in [2.75, 3.05) is 6.54 Å². The van der Waals surface area contributed by atoms with Crippen molar-refractivity contribution in [3.8, 4) is 0 Å². The molecule has 1 atom stereocenters. The van der Waals surface area contributed by atoms with Crippen molar-refractivity contribution in [1.82, 2.24) is 5.32 Å². The summed E-state index contributed by atoms with van der Waals surface area (Å²) in [5.41, 5.74) is 0. The Morgan fingerprint density at radius 3 is 2.36 bits per heavy atom. The number of nitrogens with one attached hydrogen (secondary N) is 1. The predicted molar refractivity (Wildman–Crippen MR) is 51.2 cm³/mol. The molecule has 0 heterocycles. The maximum absolute atomic E-state index is 10.3. The summed E-state index contributed by atoms with van der Waals surface area (Å²) >= 11 is 0. The third-order valence-electron chi connectivity index (χ3n) is 2.08. The molecule has 0 aliphatic rings. The van der Waals surface area contributed by atoms with Gasteiger partial charge in [-0.15, -0.1) is 0 Å². The molecule has 0 aliphatic carbocycles. The van der Waals surface area contributed by atoms with Gasteiger partial charge in [0.15, 0.2) is 0 Å². The largest absolute Gasteiger partial charge is 1.00 e. The Balaban J connectivity index is 0. The van der Waals surface area contributed by atoms with E-state index in [1.54, 1.807) is 6.92 Å². The molecular weight excluding hydrogens is 205 g/mol. The van der Waals surface area contributed by atoms with Crippen LogP contribution in [0.1, 0.15) is 46.0 Å². The minimum atomic E-state index is -1.02. The summed E-state index contributed by atoms with van der Waals surface area (Å²) in [6.45, 7) is 4.57. The SMILES string of the molecule is CCCCCCCNC(C)C(=O)[O-].[K+].